The van der Waals surface area contributed by atoms with E-state index in [4.69, 9.17) is 11.6 Å². The van der Waals surface area contributed by atoms with Crippen molar-refractivity contribution >= 4 is 51.4 Å². The van der Waals surface area contributed by atoms with Gasteiger partial charge < -0.3 is 4.90 Å². The SMILES string of the molecule is CN(C)c1ccc(Sc2nnc(NC(=O)c3ccc(Cl)cc3)s2)cc1. The lowest BCUT2D eigenvalue weighted by atomic mass is 10.2. The first-order valence-corrected chi connectivity index (χ1v) is 9.38. The van der Waals surface area contributed by atoms with Gasteiger partial charge in [-0.2, -0.15) is 0 Å². The quantitative estimate of drug-likeness (QED) is 0.642. The number of hydrogen-bond acceptors (Lipinski definition) is 6. The molecule has 5 nitrogen and oxygen atoms in total. The fraction of sp³-hybridized carbons (Fsp3) is 0.118. The van der Waals surface area contributed by atoms with Gasteiger partial charge in [0.25, 0.3) is 5.91 Å². The number of anilines is 2. The molecule has 1 heterocycles. The van der Waals surface area contributed by atoms with E-state index in [1.807, 2.05) is 43.3 Å². The van der Waals surface area contributed by atoms with Crippen LogP contribution in [0.3, 0.4) is 0 Å². The monoisotopic (exact) mass is 390 g/mol. The van der Waals surface area contributed by atoms with E-state index in [2.05, 4.69) is 15.5 Å². The molecule has 0 fully saturated rings. The minimum Gasteiger partial charge on any atom is -0.378 e. The Hall–Kier alpha value is -2.09. The maximum absolute atomic E-state index is 12.2. The molecule has 3 rings (SSSR count). The number of carbonyl (C=O) groups is 1. The van der Waals surface area contributed by atoms with Crippen molar-refractivity contribution < 1.29 is 4.79 Å². The summed E-state index contributed by atoms with van der Waals surface area (Å²) in [5.41, 5.74) is 1.66. The Balaban J connectivity index is 1.64. The fourth-order valence-electron chi connectivity index (χ4n) is 1.99. The second-order valence-electron chi connectivity index (χ2n) is 5.32. The molecule has 0 unspecified atom stereocenters. The van der Waals surface area contributed by atoms with Gasteiger partial charge in [0.15, 0.2) is 4.34 Å². The molecule has 1 amide bonds. The first-order valence-electron chi connectivity index (χ1n) is 7.37. The molecule has 128 valence electrons. The van der Waals surface area contributed by atoms with Gasteiger partial charge in [0.2, 0.25) is 5.13 Å². The van der Waals surface area contributed by atoms with Gasteiger partial charge in [0.1, 0.15) is 0 Å². The van der Waals surface area contributed by atoms with Gasteiger partial charge in [-0.3, -0.25) is 10.1 Å². The van der Waals surface area contributed by atoms with E-state index in [1.165, 1.54) is 23.1 Å². The Morgan fingerprint density at radius 1 is 1.08 bits per heavy atom. The van der Waals surface area contributed by atoms with Crippen LogP contribution < -0.4 is 10.2 Å². The smallest absolute Gasteiger partial charge is 0.257 e. The van der Waals surface area contributed by atoms with Gasteiger partial charge in [0, 0.05) is 35.3 Å². The van der Waals surface area contributed by atoms with Gasteiger partial charge in [-0.1, -0.05) is 34.7 Å². The topological polar surface area (TPSA) is 58.1 Å². The average Bonchev–Trinajstić information content (AvgIpc) is 3.02. The number of rotatable bonds is 5. The largest absolute Gasteiger partial charge is 0.378 e. The molecule has 0 atom stereocenters. The lowest BCUT2D eigenvalue weighted by Gasteiger charge is -2.11. The molecule has 0 saturated heterocycles. The van der Waals surface area contributed by atoms with E-state index in [9.17, 15) is 4.79 Å². The number of benzene rings is 2. The predicted molar refractivity (Wildman–Crippen MR) is 104 cm³/mol. The summed E-state index contributed by atoms with van der Waals surface area (Å²) in [7, 11) is 4.01. The zero-order valence-electron chi connectivity index (χ0n) is 13.6. The van der Waals surface area contributed by atoms with E-state index in [0.29, 0.717) is 15.7 Å². The average molecular weight is 391 g/mol. The molecule has 0 aliphatic carbocycles. The van der Waals surface area contributed by atoms with Crippen LogP contribution >= 0.6 is 34.7 Å². The highest BCUT2D eigenvalue weighted by atomic mass is 35.5. The van der Waals surface area contributed by atoms with E-state index >= 15 is 0 Å². The van der Waals surface area contributed by atoms with Gasteiger partial charge in [-0.25, -0.2) is 0 Å². The van der Waals surface area contributed by atoms with Crippen molar-refractivity contribution in [1.29, 1.82) is 0 Å². The van der Waals surface area contributed by atoms with Crippen LogP contribution in [0.5, 0.6) is 0 Å². The Morgan fingerprint density at radius 2 is 1.76 bits per heavy atom. The van der Waals surface area contributed by atoms with Crippen LogP contribution in [0.15, 0.2) is 57.8 Å². The third kappa shape index (κ3) is 4.72. The van der Waals surface area contributed by atoms with Crippen molar-refractivity contribution in [3.8, 4) is 0 Å². The molecule has 0 bridgehead atoms. The zero-order valence-corrected chi connectivity index (χ0v) is 16.0. The standard InChI is InChI=1S/C17H15ClN4OS2/c1-22(2)13-7-9-14(10-8-13)24-17-21-20-16(25-17)19-15(23)11-3-5-12(18)6-4-11/h3-10H,1-2H3,(H,19,20,23). The van der Waals surface area contributed by atoms with Gasteiger partial charge in [0.05, 0.1) is 0 Å². The fourth-order valence-corrected chi connectivity index (χ4v) is 3.83. The first-order chi connectivity index (χ1) is 12.0. The molecular formula is C17H15ClN4OS2. The molecule has 0 aliphatic rings. The first kappa shape index (κ1) is 17.7. The van der Waals surface area contributed by atoms with Crippen molar-refractivity contribution in [2.75, 3.05) is 24.3 Å². The van der Waals surface area contributed by atoms with Crippen LogP contribution in [0.4, 0.5) is 10.8 Å². The van der Waals surface area contributed by atoms with E-state index in [0.717, 1.165) is 14.9 Å². The number of halogens is 1. The maximum Gasteiger partial charge on any atom is 0.257 e. The van der Waals surface area contributed by atoms with E-state index in [1.54, 1.807) is 24.3 Å². The van der Waals surface area contributed by atoms with Crippen molar-refractivity contribution in [2.24, 2.45) is 0 Å². The summed E-state index contributed by atoms with van der Waals surface area (Å²) >= 11 is 8.67. The summed E-state index contributed by atoms with van der Waals surface area (Å²) in [6, 6.07) is 14.9. The maximum atomic E-state index is 12.2. The number of nitrogens with one attached hydrogen (secondary N) is 1. The molecule has 25 heavy (non-hydrogen) atoms. The molecule has 3 aromatic rings. The van der Waals surface area contributed by atoms with Crippen LogP contribution in [0.2, 0.25) is 5.02 Å². The summed E-state index contributed by atoms with van der Waals surface area (Å²) < 4.78 is 0.768. The minimum atomic E-state index is -0.236. The molecule has 0 radical (unpaired) electrons. The molecule has 0 saturated carbocycles. The molecule has 8 heteroatoms. The number of amides is 1. The normalized spacial score (nSPS) is 10.5. The van der Waals surface area contributed by atoms with E-state index in [-0.39, 0.29) is 5.91 Å². The Bertz CT molecular complexity index is 863. The third-order valence-corrected chi connectivity index (χ3v) is 5.44. The number of hydrogen-bond donors (Lipinski definition) is 1. The van der Waals surface area contributed by atoms with Crippen LogP contribution in [0, 0.1) is 0 Å². The molecule has 1 N–H and O–H groups in total. The third-order valence-electron chi connectivity index (χ3n) is 3.29. The minimum absolute atomic E-state index is 0.236. The highest BCUT2D eigenvalue weighted by molar-refractivity contribution is 8.01. The Labute approximate surface area is 159 Å². The molecule has 0 aliphatic heterocycles. The number of aromatic nitrogens is 2. The second kappa shape index (κ2) is 7.86. The lowest BCUT2D eigenvalue weighted by molar-refractivity contribution is 0.102. The summed E-state index contributed by atoms with van der Waals surface area (Å²) in [6.45, 7) is 0. The summed E-state index contributed by atoms with van der Waals surface area (Å²) in [5.74, 6) is -0.236. The Kier molecular flexibility index (Phi) is 5.57. The van der Waals surface area contributed by atoms with Crippen molar-refractivity contribution in [3.63, 3.8) is 0 Å². The highest BCUT2D eigenvalue weighted by Gasteiger charge is 2.11. The zero-order chi connectivity index (χ0) is 17.8. The lowest BCUT2D eigenvalue weighted by Crippen LogP contribution is -2.11. The van der Waals surface area contributed by atoms with Crippen molar-refractivity contribution in [3.05, 3.63) is 59.1 Å². The summed E-state index contributed by atoms with van der Waals surface area (Å²) in [6.07, 6.45) is 0. The van der Waals surface area contributed by atoms with Gasteiger partial charge >= 0.3 is 0 Å². The van der Waals surface area contributed by atoms with Gasteiger partial charge in [-0.05, 0) is 48.5 Å². The van der Waals surface area contributed by atoms with Crippen LogP contribution in [0.1, 0.15) is 10.4 Å². The van der Waals surface area contributed by atoms with Crippen LogP contribution in [-0.2, 0) is 0 Å². The molecule has 0 spiro atoms. The Morgan fingerprint density at radius 3 is 2.40 bits per heavy atom. The predicted octanol–water partition coefficient (Wildman–Crippen LogP) is 4.66. The van der Waals surface area contributed by atoms with Crippen LogP contribution in [-0.4, -0.2) is 30.2 Å². The number of carbonyl (C=O) groups excluding carboxylic acids is 1. The van der Waals surface area contributed by atoms with Crippen LogP contribution in [0.25, 0.3) is 0 Å². The summed E-state index contributed by atoms with van der Waals surface area (Å²) in [4.78, 5) is 15.3. The van der Waals surface area contributed by atoms with Gasteiger partial charge in [-0.15, -0.1) is 10.2 Å². The van der Waals surface area contributed by atoms with Crippen molar-refractivity contribution in [2.45, 2.75) is 9.24 Å². The second-order valence-corrected chi connectivity index (χ2v) is 8.06. The van der Waals surface area contributed by atoms with E-state index < -0.39 is 0 Å². The molecule has 2 aromatic carbocycles. The highest BCUT2D eigenvalue weighted by Crippen LogP contribution is 2.32. The molecule has 1 aromatic heterocycles. The number of nitrogens with zero attached hydrogens (tertiary/aromatic N) is 3. The summed E-state index contributed by atoms with van der Waals surface area (Å²) in [5, 5.41) is 11.9. The molecular weight excluding hydrogens is 376 g/mol. The van der Waals surface area contributed by atoms with Crippen molar-refractivity contribution in [1.82, 2.24) is 10.2 Å².